The monoisotopic (exact) mass is 407 g/mol. The van der Waals surface area contributed by atoms with Gasteiger partial charge in [0.1, 0.15) is 0 Å². The first kappa shape index (κ1) is 22.5. The summed E-state index contributed by atoms with van der Waals surface area (Å²) in [6.07, 6.45) is 3.04. The number of carbonyl (C=O) groups is 1. The van der Waals surface area contributed by atoms with Crippen LogP contribution in [-0.4, -0.2) is 55.0 Å². The average molecular weight is 409 g/mol. The van der Waals surface area contributed by atoms with Gasteiger partial charge in [-0.05, 0) is 50.0 Å². The summed E-state index contributed by atoms with van der Waals surface area (Å²) in [5, 5.41) is 4.12. The van der Waals surface area contributed by atoms with Gasteiger partial charge in [0, 0.05) is 43.7 Å². The zero-order valence-electron chi connectivity index (χ0n) is 14.5. The van der Waals surface area contributed by atoms with Crippen LogP contribution in [-0.2, 0) is 11.3 Å². The van der Waals surface area contributed by atoms with Gasteiger partial charge in [-0.15, -0.1) is 24.8 Å². The van der Waals surface area contributed by atoms with Crippen molar-refractivity contribution in [3.05, 3.63) is 34.9 Å². The molecule has 0 aliphatic carbocycles. The van der Waals surface area contributed by atoms with Gasteiger partial charge in [-0.2, -0.15) is 0 Å². The number of hydrogen-bond acceptors (Lipinski definition) is 3. The van der Waals surface area contributed by atoms with Crippen molar-refractivity contribution in [1.29, 1.82) is 0 Å². The van der Waals surface area contributed by atoms with E-state index in [1.165, 1.54) is 5.56 Å². The Morgan fingerprint density at radius 3 is 2.40 bits per heavy atom. The first-order valence-electron chi connectivity index (χ1n) is 8.69. The largest absolute Gasteiger partial charge is 0.341 e. The molecule has 2 aliphatic rings. The fourth-order valence-corrected chi connectivity index (χ4v) is 3.65. The average Bonchev–Trinajstić information content (AvgIpc) is 2.83. The van der Waals surface area contributed by atoms with Gasteiger partial charge < -0.3 is 10.2 Å². The molecule has 1 N–H and O–H groups in total. The first-order valence-corrected chi connectivity index (χ1v) is 9.06. The summed E-state index contributed by atoms with van der Waals surface area (Å²) >= 11 is 5.95. The predicted octanol–water partition coefficient (Wildman–Crippen LogP) is 3.22. The molecule has 25 heavy (non-hydrogen) atoms. The van der Waals surface area contributed by atoms with Crippen LogP contribution in [0.5, 0.6) is 0 Å². The molecule has 1 aromatic carbocycles. The summed E-state index contributed by atoms with van der Waals surface area (Å²) in [7, 11) is 0. The van der Waals surface area contributed by atoms with Gasteiger partial charge in [0.2, 0.25) is 5.91 Å². The van der Waals surface area contributed by atoms with Crippen LogP contribution in [0.3, 0.4) is 0 Å². The molecule has 2 aliphatic heterocycles. The Hall–Kier alpha value is -0.520. The Labute approximate surface area is 168 Å². The third-order valence-electron chi connectivity index (χ3n) is 4.91. The van der Waals surface area contributed by atoms with E-state index in [1.54, 1.807) is 0 Å². The molecule has 142 valence electrons. The van der Waals surface area contributed by atoms with Gasteiger partial charge in [-0.3, -0.25) is 9.69 Å². The van der Waals surface area contributed by atoms with Crippen LogP contribution >= 0.6 is 36.4 Å². The minimum Gasteiger partial charge on any atom is -0.341 e. The molecule has 0 unspecified atom stereocenters. The van der Waals surface area contributed by atoms with Crippen molar-refractivity contribution in [3.8, 4) is 0 Å². The lowest BCUT2D eigenvalue weighted by Gasteiger charge is -2.29. The van der Waals surface area contributed by atoms with E-state index in [4.69, 9.17) is 11.6 Å². The van der Waals surface area contributed by atoms with Crippen molar-refractivity contribution < 1.29 is 4.79 Å². The molecule has 0 radical (unpaired) electrons. The van der Waals surface area contributed by atoms with Crippen molar-refractivity contribution in [1.82, 2.24) is 15.1 Å². The maximum Gasteiger partial charge on any atom is 0.225 e. The number of rotatable bonds is 3. The summed E-state index contributed by atoms with van der Waals surface area (Å²) in [6.45, 7) is 6.67. The number of nitrogens with zero attached hydrogens (tertiary/aromatic N) is 2. The number of carbonyl (C=O) groups excluding carboxylic acids is 1. The lowest BCUT2D eigenvalue weighted by Crippen LogP contribution is -2.42. The minimum atomic E-state index is 0. The fraction of sp³-hybridized carbons (Fsp3) is 0.611. The van der Waals surface area contributed by atoms with Crippen LogP contribution in [0.4, 0.5) is 0 Å². The van der Waals surface area contributed by atoms with Crippen LogP contribution in [0.2, 0.25) is 5.02 Å². The Kier molecular flexibility index (Phi) is 10.1. The number of benzene rings is 1. The van der Waals surface area contributed by atoms with Crippen LogP contribution in [0.15, 0.2) is 24.3 Å². The Morgan fingerprint density at radius 1 is 1.04 bits per heavy atom. The summed E-state index contributed by atoms with van der Waals surface area (Å²) < 4.78 is 0. The van der Waals surface area contributed by atoms with Gasteiger partial charge in [0.25, 0.3) is 0 Å². The molecule has 1 aromatic rings. The van der Waals surface area contributed by atoms with E-state index in [1.807, 2.05) is 12.1 Å². The third kappa shape index (κ3) is 6.61. The van der Waals surface area contributed by atoms with Crippen LogP contribution in [0.1, 0.15) is 24.8 Å². The van der Waals surface area contributed by atoms with E-state index in [9.17, 15) is 4.79 Å². The van der Waals surface area contributed by atoms with Gasteiger partial charge >= 0.3 is 0 Å². The van der Waals surface area contributed by atoms with Crippen LogP contribution < -0.4 is 5.32 Å². The van der Waals surface area contributed by atoms with E-state index in [-0.39, 0.29) is 30.7 Å². The Morgan fingerprint density at radius 2 is 1.72 bits per heavy atom. The topological polar surface area (TPSA) is 35.6 Å². The number of hydrogen-bond donors (Lipinski definition) is 1. The van der Waals surface area contributed by atoms with Crippen LogP contribution in [0, 0.1) is 5.92 Å². The summed E-state index contributed by atoms with van der Waals surface area (Å²) in [5.41, 5.74) is 1.28. The van der Waals surface area contributed by atoms with E-state index in [0.29, 0.717) is 5.91 Å². The van der Waals surface area contributed by atoms with E-state index >= 15 is 0 Å². The molecule has 0 spiro atoms. The normalized spacial score (nSPS) is 19.5. The number of nitrogens with one attached hydrogen (secondary N) is 1. The number of amides is 1. The SMILES string of the molecule is Cl.Cl.O=C(C1CCNCC1)N1CCCN(Cc2ccc(Cl)cc2)CC1. The summed E-state index contributed by atoms with van der Waals surface area (Å²) in [5.74, 6) is 0.610. The van der Waals surface area contributed by atoms with Crippen molar-refractivity contribution in [2.45, 2.75) is 25.8 Å². The molecule has 1 amide bonds. The first-order chi connectivity index (χ1) is 11.2. The minimum absolute atomic E-state index is 0. The highest BCUT2D eigenvalue weighted by atomic mass is 35.5. The standard InChI is InChI=1S/C18H26ClN3O.2ClH/c19-17-4-2-15(3-5-17)14-21-10-1-11-22(13-12-21)18(23)16-6-8-20-9-7-16;;/h2-5,16,20H,1,6-14H2;2*1H. The van der Waals surface area contributed by atoms with E-state index in [0.717, 1.165) is 70.1 Å². The molecule has 0 atom stereocenters. The Bertz CT molecular complexity index is 521. The zero-order valence-corrected chi connectivity index (χ0v) is 16.8. The fourth-order valence-electron chi connectivity index (χ4n) is 3.52. The molecular weight excluding hydrogens is 381 g/mol. The highest BCUT2D eigenvalue weighted by Crippen LogP contribution is 2.18. The molecule has 2 fully saturated rings. The van der Waals surface area contributed by atoms with Crippen molar-refractivity contribution in [2.75, 3.05) is 39.3 Å². The van der Waals surface area contributed by atoms with Crippen molar-refractivity contribution in [2.24, 2.45) is 5.92 Å². The summed E-state index contributed by atoms with van der Waals surface area (Å²) in [6, 6.07) is 8.07. The predicted molar refractivity (Wildman–Crippen MR) is 108 cm³/mol. The second-order valence-electron chi connectivity index (χ2n) is 6.61. The van der Waals surface area contributed by atoms with Crippen molar-refractivity contribution >= 4 is 42.3 Å². The van der Waals surface area contributed by atoms with Gasteiger partial charge in [0.15, 0.2) is 0 Å². The Balaban J connectivity index is 0.00000156. The highest BCUT2D eigenvalue weighted by molar-refractivity contribution is 6.30. The lowest BCUT2D eigenvalue weighted by molar-refractivity contribution is -0.136. The molecule has 0 aromatic heterocycles. The second kappa shape index (κ2) is 11.2. The third-order valence-corrected chi connectivity index (χ3v) is 5.16. The van der Waals surface area contributed by atoms with E-state index < -0.39 is 0 Å². The van der Waals surface area contributed by atoms with Crippen LogP contribution in [0.25, 0.3) is 0 Å². The molecule has 0 saturated carbocycles. The number of halogens is 3. The second-order valence-corrected chi connectivity index (χ2v) is 7.04. The smallest absolute Gasteiger partial charge is 0.225 e. The molecule has 2 heterocycles. The molecular formula is C18H28Cl3N3O. The molecule has 3 rings (SSSR count). The van der Waals surface area contributed by atoms with Gasteiger partial charge in [-0.25, -0.2) is 0 Å². The lowest BCUT2D eigenvalue weighted by atomic mass is 9.96. The molecule has 7 heteroatoms. The highest BCUT2D eigenvalue weighted by Gasteiger charge is 2.27. The molecule has 4 nitrogen and oxygen atoms in total. The maximum absolute atomic E-state index is 12.7. The molecule has 2 saturated heterocycles. The number of piperidine rings is 1. The summed E-state index contributed by atoms with van der Waals surface area (Å²) in [4.78, 5) is 17.2. The van der Waals surface area contributed by atoms with E-state index in [2.05, 4.69) is 27.2 Å². The molecule has 0 bridgehead atoms. The zero-order chi connectivity index (χ0) is 16.1. The maximum atomic E-state index is 12.7. The van der Waals surface area contributed by atoms with Crippen molar-refractivity contribution in [3.63, 3.8) is 0 Å². The van der Waals surface area contributed by atoms with Gasteiger partial charge in [-0.1, -0.05) is 23.7 Å². The van der Waals surface area contributed by atoms with Gasteiger partial charge in [0.05, 0.1) is 0 Å². The quantitative estimate of drug-likeness (QED) is 0.834.